The Bertz CT molecular complexity index is 257. The Balaban J connectivity index is 2.53. The summed E-state index contributed by atoms with van der Waals surface area (Å²) in [5.41, 5.74) is 0. The van der Waals surface area contributed by atoms with Gasteiger partial charge in [0.2, 0.25) is 5.91 Å². The molecule has 0 bridgehead atoms. The largest absolute Gasteiger partial charge is 0.480 e. The number of carboxylic acid groups (broad SMARTS) is 1. The zero-order valence-electron chi connectivity index (χ0n) is 10.0. The highest BCUT2D eigenvalue weighted by Crippen LogP contribution is 2.32. The van der Waals surface area contributed by atoms with Gasteiger partial charge in [-0.25, -0.2) is 4.79 Å². The van der Waals surface area contributed by atoms with Gasteiger partial charge < -0.3 is 10.4 Å². The summed E-state index contributed by atoms with van der Waals surface area (Å²) in [5.74, 6) is -0.326. The van der Waals surface area contributed by atoms with E-state index in [0.29, 0.717) is 0 Å². The Morgan fingerprint density at radius 2 is 1.88 bits per heavy atom. The molecule has 0 aromatic rings. The fourth-order valence-electron chi connectivity index (χ4n) is 2.53. The quantitative estimate of drug-likeness (QED) is 0.769. The van der Waals surface area contributed by atoms with Crippen LogP contribution in [0.1, 0.15) is 46.0 Å². The summed E-state index contributed by atoms with van der Waals surface area (Å²) in [6.45, 7) is 3.54. The van der Waals surface area contributed by atoms with Gasteiger partial charge >= 0.3 is 5.97 Å². The van der Waals surface area contributed by atoms with Gasteiger partial charge in [-0.1, -0.05) is 26.2 Å². The average Bonchev–Trinajstić information content (AvgIpc) is 2.25. The lowest BCUT2D eigenvalue weighted by molar-refractivity contribution is -0.143. The highest BCUT2D eigenvalue weighted by Gasteiger charge is 2.31. The summed E-state index contributed by atoms with van der Waals surface area (Å²) in [5, 5.41) is 11.6. The minimum absolute atomic E-state index is 0.101. The van der Waals surface area contributed by atoms with Crippen molar-refractivity contribution in [2.24, 2.45) is 11.8 Å². The molecule has 1 atom stereocenters. The summed E-state index contributed by atoms with van der Waals surface area (Å²) in [4.78, 5) is 22.0. The van der Waals surface area contributed by atoms with Gasteiger partial charge in [0.15, 0.2) is 0 Å². The molecular weight excluding hydrogens is 206 g/mol. The first-order valence-electron chi connectivity index (χ1n) is 6.04. The molecule has 16 heavy (non-hydrogen) atoms. The van der Waals surface area contributed by atoms with Crippen molar-refractivity contribution in [2.45, 2.75) is 52.0 Å². The maximum absolute atomic E-state index is 11.1. The lowest BCUT2D eigenvalue weighted by Gasteiger charge is -2.31. The van der Waals surface area contributed by atoms with Gasteiger partial charge in [-0.3, -0.25) is 4.79 Å². The van der Waals surface area contributed by atoms with Crippen LogP contribution in [0.5, 0.6) is 0 Å². The van der Waals surface area contributed by atoms with Gasteiger partial charge in [0.05, 0.1) is 0 Å². The van der Waals surface area contributed by atoms with E-state index >= 15 is 0 Å². The molecule has 0 spiro atoms. The maximum atomic E-state index is 11.1. The molecule has 0 aliphatic heterocycles. The topological polar surface area (TPSA) is 66.4 Å². The van der Waals surface area contributed by atoms with E-state index in [2.05, 4.69) is 12.2 Å². The van der Waals surface area contributed by atoms with Crippen molar-refractivity contribution in [1.29, 1.82) is 0 Å². The van der Waals surface area contributed by atoms with Crippen LogP contribution >= 0.6 is 0 Å². The van der Waals surface area contributed by atoms with Gasteiger partial charge in [-0.05, 0) is 24.7 Å². The predicted molar refractivity (Wildman–Crippen MR) is 61.0 cm³/mol. The molecule has 4 nitrogen and oxygen atoms in total. The smallest absolute Gasteiger partial charge is 0.326 e. The number of rotatable bonds is 4. The zero-order valence-corrected chi connectivity index (χ0v) is 10.0. The van der Waals surface area contributed by atoms with E-state index in [0.717, 1.165) is 31.6 Å². The van der Waals surface area contributed by atoms with Gasteiger partial charge in [0.25, 0.3) is 0 Å². The van der Waals surface area contributed by atoms with E-state index in [9.17, 15) is 9.59 Å². The molecule has 0 aromatic carbocycles. The first-order chi connectivity index (χ1) is 7.54. The van der Waals surface area contributed by atoms with Crippen LogP contribution in [-0.4, -0.2) is 23.0 Å². The molecule has 4 heteroatoms. The van der Waals surface area contributed by atoms with Crippen LogP contribution in [0.3, 0.4) is 0 Å². The first kappa shape index (κ1) is 13.0. The molecule has 1 amide bonds. The SMILES string of the molecule is CCC1CCC(C(NC(C)=O)C(=O)O)CC1. The highest BCUT2D eigenvalue weighted by molar-refractivity contribution is 5.82. The monoisotopic (exact) mass is 227 g/mol. The molecule has 1 saturated carbocycles. The summed E-state index contributed by atoms with van der Waals surface area (Å²) in [7, 11) is 0. The molecule has 1 aliphatic rings. The summed E-state index contributed by atoms with van der Waals surface area (Å²) < 4.78 is 0. The Kier molecular flexibility index (Phi) is 4.77. The number of hydrogen-bond donors (Lipinski definition) is 2. The van der Waals surface area contributed by atoms with E-state index in [-0.39, 0.29) is 11.8 Å². The third-order valence-corrected chi connectivity index (χ3v) is 3.56. The molecule has 1 aliphatic carbocycles. The second-order valence-electron chi connectivity index (χ2n) is 4.71. The van der Waals surface area contributed by atoms with Crippen LogP contribution in [0.2, 0.25) is 0 Å². The number of aliphatic carboxylic acids is 1. The maximum Gasteiger partial charge on any atom is 0.326 e. The molecule has 92 valence electrons. The number of nitrogens with one attached hydrogen (secondary N) is 1. The number of carbonyl (C=O) groups excluding carboxylic acids is 1. The van der Waals surface area contributed by atoms with Crippen molar-refractivity contribution in [2.75, 3.05) is 0 Å². The molecule has 2 N–H and O–H groups in total. The van der Waals surface area contributed by atoms with Crippen molar-refractivity contribution >= 4 is 11.9 Å². The molecule has 0 heterocycles. The van der Waals surface area contributed by atoms with E-state index in [1.165, 1.54) is 13.3 Å². The Morgan fingerprint density at radius 1 is 1.31 bits per heavy atom. The summed E-state index contributed by atoms with van der Waals surface area (Å²) in [6, 6.07) is -0.699. The van der Waals surface area contributed by atoms with Crippen LogP contribution in [0.15, 0.2) is 0 Å². The van der Waals surface area contributed by atoms with Crippen LogP contribution in [-0.2, 0) is 9.59 Å². The van der Waals surface area contributed by atoms with Crippen molar-refractivity contribution in [3.05, 3.63) is 0 Å². The zero-order chi connectivity index (χ0) is 12.1. The van der Waals surface area contributed by atoms with Gasteiger partial charge in [0, 0.05) is 6.92 Å². The van der Waals surface area contributed by atoms with Crippen LogP contribution in [0.4, 0.5) is 0 Å². The lowest BCUT2D eigenvalue weighted by atomic mass is 9.77. The van der Waals surface area contributed by atoms with Crippen molar-refractivity contribution in [3.8, 4) is 0 Å². The normalized spacial score (nSPS) is 27.1. The van der Waals surface area contributed by atoms with Crippen LogP contribution in [0.25, 0.3) is 0 Å². The number of carbonyl (C=O) groups is 2. The molecule has 0 aromatic heterocycles. The van der Waals surface area contributed by atoms with Crippen molar-refractivity contribution in [1.82, 2.24) is 5.32 Å². The molecule has 1 unspecified atom stereocenters. The van der Waals surface area contributed by atoms with E-state index in [4.69, 9.17) is 5.11 Å². The van der Waals surface area contributed by atoms with Gasteiger partial charge in [0.1, 0.15) is 6.04 Å². The van der Waals surface area contributed by atoms with Crippen molar-refractivity contribution in [3.63, 3.8) is 0 Å². The Labute approximate surface area is 96.4 Å². The highest BCUT2D eigenvalue weighted by atomic mass is 16.4. The third kappa shape index (κ3) is 3.51. The molecular formula is C12H21NO3. The predicted octanol–water partition coefficient (Wildman–Crippen LogP) is 1.79. The minimum atomic E-state index is -0.907. The standard InChI is InChI=1S/C12H21NO3/c1-3-9-4-6-10(7-5-9)11(12(15)16)13-8(2)14/h9-11H,3-7H2,1-2H3,(H,13,14)(H,15,16). The van der Waals surface area contributed by atoms with Gasteiger partial charge in [-0.15, -0.1) is 0 Å². The van der Waals surface area contributed by atoms with E-state index in [1.807, 2.05) is 0 Å². The Morgan fingerprint density at radius 3 is 2.25 bits per heavy atom. The molecule has 0 saturated heterocycles. The second kappa shape index (κ2) is 5.87. The molecule has 0 radical (unpaired) electrons. The van der Waals surface area contributed by atoms with Gasteiger partial charge in [-0.2, -0.15) is 0 Å². The first-order valence-corrected chi connectivity index (χ1v) is 6.04. The minimum Gasteiger partial charge on any atom is -0.480 e. The molecule has 1 fully saturated rings. The van der Waals surface area contributed by atoms with E-state index < -0.39 is 12.0 Å². The average molecular weight is 227 g/mol. The number of carboxylic acids is 1. The van der Waals surface area contributed by atoms with E-state index in [1.54, 1.807) is 0 Å². The fraction of sp³-hybridized carbons (Fsp3) is 0.833. The number of hydrogen-bond acceptors (Lipinski definition) is 2. The number of amides is 1. The second-order valence-corrected chi connectivity index (χ2v) is 4.71. The third-order valence-electron chi connectivity index (χ3n) is 3.56. The lowest BCUT2D eigenvalue weighted by Crippen LogP contribution is -2.46. The molecule has 1 rings (SSSR count). The summed E-state index contributed by atoms with van der Waals surface area (Å²) >= 11 is 0. The Hall–Kier alpha value is -1.06. The van der Waals surface area contributed by atoms with Crippen LogP contribution < -0.4 is 5.32 Å². The fourth-order valence-corrected chi connectivity index (χ4v) is 2.53. The van der Waals surface area contributed by atoms with Crippen molar-refractivity contribution < 1.29 is 14.7 Å². The van der Waals surface area contributed by atoms with Crippen LogP contribution in [0, 0.1) is 11.8 Å². The summed E-state index contributed by atoms with van der Waals surface area (Å²) in [6.07, 6.45) is 5.17.